The average molecular weight is 380 g/mol. The number of rotatable bonds is 3. The monoisotopic (exact) mass is 379 g/mol. The number of carbonyl (C=O) groups excluding carboxylic acids is 1. The molecule has 0 fully saturated rings. The number of amides is 1. The second-order valence-electron chi connectivity index (χ2n) is 6.64. The molecule has 1 heterocycles. The molecule has 0 aliphatic carbocycles. The molecule has 4 aromatic rings. The van der Waals surface area contributed by atoms with Crippen molar-refractivity contribution in [2.24, 2.45) is 0 Å². The lowest BCUT2D eigenvalue weighted by atomic mass is 10.0. The molecule has 1 amide bonds. The van der Waals surface area contributed by atoms with E-state index in [1.54, 1.807) is 0 Å². The summed E-state index contributed by atoms with van der Waals surface area (Å²) < 4.78 is 1.02. The highest BCUT2D eigenvalue weighted by atomic mass is 35.5. The Labute approximate surface area is 161 Å². The topological polar surface area (TPSA) is 29.1 Å². The number of thiophene rings is 1. The highest BCUT2D eigenvalue weighted by Gasteiger charge is 2.19. The zero-order chi connectivity index (χ0) is 18.3. The van der Waals surface area contributed by atoms with Gasteiger partial charge in [0, 0.05) is 15.8 Å². The van der Waals surface area contributed by atoms with Crippen LogP contribution < -0.4 is 5.32 Å². The van der Waals surface area contributed by atoms with Crippen LogP contribution in [0.15, 0.2) is 60.7 Å². The summed E-state index contributed by atoms with van der Waals surface area (Å²) in [5, 5.41) is 6.64. The molecule has 0 bridgehead atoms. The molecule has 3 aromatic carbocycles. The molecule has 130 valence electrons. The van der Waals surface area contributed by atoms with Crippen LogP contribution in [0.3, 0.4) is 0 Å². The molecular weight excluding hydrogens is 362 g/mol. The van der Waals surface area contributed by atoms with Gasteiger partial charge in [0.05, 0.1) is 5.02 Å². The minimum absolute atomic E-state index is 0.169. The van der Waals surface area contributed by atoms with Gasteiger partial charge in [-0.3, -0.25) is 4.79 Å². The first-order chi connectivity index (χ1) is 12.5. The van der Waals surface area contributed by atoms with E-state index in [0.717, 1.165) is 26.5 Å². The van der Waals surface area contributed by atoms with Crippen LogP contribution in [-0.2, 0) is 0 Å². The number of benzene rings is 3. The van der Waals surface area contributed by atoms with E-state index in [2.05, 4.69) is 31.3 Å². The van der Waals surface area contributed by atoms with E-state index >= 15 is 0 Å². The molecule has 4 heteroatoms. The molecule has 0 radical (unpaired) electrons. The number of carbonyl (C=O) groups is 1. The predicted octanol–water partition coefficient (Wildman–Crippen LogP) is 7.08. The standard InChI is InChI=1S/C22H18ClNOS/c1-13(2)14-7-10-16(11-8-14)24-22(25)21-20(23)19-17-6-4-3-5-15(17)9-12-18(19)26-21/h3-13H,1-2H3,(H,24,25). The summed E-state index contributed by atoms with van der Waals surface area (Å²) in [5.74, 6) is 0.294. The highest BCUT2D eigenvalue weighted by Crippen LogP contribution is 2.40. The fraction of sp³-hybridized carbons (Fsp3) is 0.136. The lowest BCUT2D eigenvalue weighted by Gasteiger charge is -2.08. The Bertz CT molecular complexity index is 1110. The van der Waals surface area contributed by atoms with Crippen LogP contribution in [0.1, 0.15) is 35.0 Å². The van der Waals surface area contributed by atoms with E-state index < -0.39 is 0 Å². The van der Waals surface area contributed by atoms with Crippen LogP contribution in [0, 0.1) is 0 Å². The van der Waals surface area contributed by atoms with E-state index in [0.29, 0.717) is 15.8 Å². The van der Waals surface area contributed by atoms with Gasteiger partial charge in [-0.05, 0) is 40.5 Å². The van der Waals surface area contributed by atoms with Crippen LogP contribution in [0.4, 0.5) is 5.69 Å². The van der Waals surface area contributed by atoms with Gasteiger partial charge in [0.25, 0.3) is 5.91 Å². The third-order valence-corrected chi connectivity index (χ3v) is 6.21. The lowest BCUT2D eigenvalue weighted by Crippen LogP contribution is -2.10. The molecule has 0 aliphatic rings. The number of fused-ring (bicyclic) bond motifs is 3. The molecule has 0 aliphatic heterocycles. The van der Waals surface area contributed by atoms with Crippen molar-refractivity contribution in [2.75, 3.05) is 5.32 Å². The first-order valence-corrected chi connectivity index (χ1v) is 9.75. The molecule has 1 aromatic heterocycles. The molecule has 0 saturated heterocycles. The van der Waals surface area contributed by atoms with E-state index in [9.17, 15) is 4.79 Å². The van der Waals surface area contributed by atoms with E-state index in [1.165, 1.54) is 16.9 Å². The summed E-state index contributed by atoms with van der Waals surface area (Å²) >= 11 is 8.04. The molecule has 0 atom stereocenters. The maximum absolute atomic E-state index is 12.8. The van der Waals surface area contributed by atoms with Crippen molar-refractivity contribution in [2.45, 2.75) is 19.8 Å². The number of hydrogen-bond acceptors (Lipinski definition) is 2. The van der Waals surface area contributed by atoms with Gasteiger partial charge in [-0.1, -0.05) is 67.9 Å². The predicted molar refractivity (Wildman–Crippen MR) is 113 cm³/mol. The summed E-state index contributed by atoms with van der Waals surface area (Å²) in [4.78, 5) is 13.3. The quantitative estimate of drug-likeness (QED) is 0.404. The van der Waals surface area contributed by atoms with Crippen LogP contribution in [-0.4, -0.2) is 5.91 Å². The Morgan fingerprint density at radius 3 is 2.46 bits per heavy atom. The molecule has 26 heavy (non-hydrogen) atoms. The zero-order valence-electron chi connectivity index (χ0n) is 14.5. The largest absolute Gasteiger partial charge is 0.321 e. The van der Waals surface area contributed by atoms with Crippen LogP contribution in [0.25, 0.3) is 20.9 Å². The van der Waals surface area contributed by atoms with Crippen molar-refractivity contribution in [3.05, 3.63) is 76.1 Å². The van der Waals surface area contributed by atoms with Crippen LogP contribution in [0.2, 0.25) is 5.02 Å². The Kier molecular flexibility index (Phi) is 4.43. The second kappa shape index (κ2) is 6.75. The molecule has 4 rings (SSSR count). The van der Waals surface area contributed by atoms with Crippen LogP contribution >= 0.6 is 22.9 Å². The number of halogens is 1. The first-order valence-electron chi connectivity index (χ1n) is 8.55. The SMILES string of the molecule is CC(C)c1ccc(NC(=O)c2sc3ccc4ccccc4c3c2Cl)cc1. The minimum atomic E-state index is -0.169. The van der Waals surface area contributed by atoms with Gasteiger partial charge in [-0.25, -0.2) is 0 Å². The van der Waals surface area contributed by atoms with Crippen LogP contribution in [0.5, 0.6) is 0 Å². The van der Waals surface area contributed by atoms with Gasteiger partial charge >= 0.3 is 0 Å². The normalized spacial score (nSPS) is 11.4. The minimum Gasteiger partial charge on any atom is -0.321 e. The second-order valence-corrected chi connectivity index (χ2v) is 8.07. The Morgan fingerprint density at radius 1 is 1.00 bits per heavy atom. The third kappa shape index (κ3) is 2.98. The van der Waals surface area contributed by atoms with E-state index in [1.807, 2.05) is 48.5 Å². The Balaban J connectivity index is 1.71. The van der Waals surface area contributed by atoms with Gasteiger partial charge in [0.1, 0.15) is 4.88 Å². The summed E-state index contributed by atoms with van der Waals surface area (Å²) in [7, 11) is 0. The third-order valence-electron chi connectivity index (χ3n) is 4.56. The fourth-order valence-corrected chi connectivity index (χ4v) is 4.58. The van der Waals surface area contributed by atoms with Gasteiger partial charge in [0.15, 0.2) is 0 Å². The van der Waals surface area contributed by atoms with Gasteiger partial charge < -0.3 is 5.32 Å². The van der Waals surface area contributed by atoms with Crippen molar-refractivity contribution >= 4 is 55.4 Å². The molecule has 2 nitrogen and oxygen atoms in total. The zero-order valence-corrected chi connectivity index (χ0v) is 16.1. The van der Waals surface area contributed by atoms with E-state index in [-0.39, 0.29) is 5.91 Å². The molecule has 0 saturated carbocycles. The van der Waals surface area contributed by atoms with Crippen molar-refractivity contribution in [3.63, 3.8) is 0 Å². The molecule has 1 N–H and O–H groups in total. The number of nitrogens with one attached hydrogen (secondary N) is 1. The van der Waals surface area contributed by atoms with Crippen molar-refractivity contribution in [1.29, 1.82) is 0 Å². The summed E-state index contributed by atoms with van der Waals surface area (Å²) in [6.07, 6.45) is 0. The molecule has 0 spiro atoms. The summed E-state index contributed by atoms with van der Waals surface area (Å²) in [5.41, 5.74) is 2.02. The highest BCUT2D eigenvalue weighted by molar-refractivity contribution is 7.22. The number of hydrogen-bond donors (Lipinski definition) is 1. The molecular formula is C22H18ClNOS. The Hall–Kier alpha value is -2.36. The maximum atomic E-state index is 12.8. The smallest absolute Gasteiger partial charge is 0.267 e. The van der Waals surface area contributed by atoms with Gasteiger partial charge in [-0.2, -0.15) is 0 Å². The first kappa shape index (κ1) is 17.1. The fourth-order valence-electron chi connectivity index (χ4n) is 3.12. The summed E-state index contributed by atoms with van der Waals surface area (Å²) in [6, 6.07) is 20.1. The molecule has 0 unspecified atom stereocenters. The Morgan fingerprint density at radius 2 is 1.73 bits per heavy atom. The van der Waals surface area contributed by atoms with Crippen molar-refractivity contribution in [3.8, 4) is 0 Å². The van der Waals surface area contributed by atoms with Gasteiger partial charge in [0.2, 0.25) is 0 Å². The van der Waals surface area contributed by atoms with Crippen molar-refractivity contribution < 1.29 is 4.79 Å². The average Bonchev–Trinajstić information content (AvgIpc) is 2.99. The van der Waals surface area contributed by atoms with Gasteiger partial charge in [-0.15, -0.1) is 11.3 Å². The van der Waals surface area contributed by atoms with E-state index in [4.69, 9.17) is 11.6 Å². The lowest BCUT2D eigenvalue weighted by molar-refractivity contribution is 0.103. The maximum Gasteiger partial charge on any atom is 0.267 e. The number of anilines is 1. The van der Waals surface area contributed by atoms with Crippen molar-refractivity contribution in [1.82, 2.24) is 0 Å². The summed E-state index contributed by atoms with van der Waals surface area (Å²) in [6.45, 7) is 4.30.